The van der Waals surface area contributed by atoms with Crippen molar-refractivity contribution in [3.05, 3.63) is 29.3 Å². The number of nitrogens with zero attached hydrogens (tertiary/aromatic N) is 4. The first-order valence-corrected chi connectivity index (χ1v) is 11.1. The molecule has 8 nitrogen and oxygen atoms in total. The number of hydrogen-bond acceptors (Lipinski definition) is 7. The third-order valence-electron chi connectivity index (χ3n) is 4.00. The number of amides is 1. The lowest BCUT2D eigenvalue weighted by molar-refractivity contribution is -0.119. The molecule has 2 atom stereocenters. The number of thioether (sulfide) groups is 1. The lowest BCUT2D eigenvalue weighted by Crippen LogP contribution is -2.41. The van der Waals surface area contributed by atoms with Crippen LogP contribution in [0.1, 0.15) is 11.1 Å². The first-order valence-electron chi connectivity index (χ1n) is 7.88. The van der Waals surface area contributed by atoms with Gasteiger partial charge in [0, 0.05) is 0 Å². The monoisotopic (exact) mass is 415 g/mol. The lowest BCUT2D eigenvalue weighted by atomic mass is 10.1. The first kappa shape index (κ1) is 19.1. The van der Waals surface area contributed by atoms with Crippen LogP contribution in [0.25, 0.3) is 5.69 Å². The molecule has 1 N–H and O–H groups in total. The van der Waals surface area contributed by atoms with Crippen LogP contribution >= 0.6 is 23.4 Å². The van der Waals surface area contributed by atoms with E-state index in [0.717, 1.165) is 16.8 Å². The second kappa shape index (κ2) is 7.53. The molecule has 0 saturated carbocycles. The predicted molar refractivity (Wildman–Crippen MR) is 99.6 cm³/mol. The highest BCUT2D eigenvalue weighted by molar-refractivity contribution is 7.99. The number of rotatable bonds is 5. The van der Waals surface area contributed by atoms with E-state index >= 15 is 0 Å². The minimum absolute atomic E-state index is 0.0609. The van der Waals surface area contributed by atoms with Crippen LogP contribution in [-0.2, 0) is 14.6 Å². The summed E-state index contributed by atoms with van der Waals surface area (Å²) in [4.78, 5) is 12.2. The molecule has 1 aliphatic heterocycles. The first-order chi connectivity index (χ1) is 12.2. The molecule has 1 aliphatic rings. The van der Waals surface area contributed by atoms with Gasteiger partial charge in [0.15, 0.2) is 9.84 Å². The highest BCUT2D eigenvalue weighted by Gasteiger charge is 2.37. The maximum absolute atomic E-state index is 12.2. The molecule has 0 unspecified atom stereocenters. The molecule has 2 aromatic rings. The minimum atomic E-state index is -3.19. The fourth-order valence-corrected chi connectivity index (χ4v) is 5.93. The number of alkyl halides is 1. The normalized spacial score (nSPS) is 21.7. The Morgan fingerprint density at radius 3 is 2.85 bits per heavy atom. The molecule has 1 aromatic carbocycles. The highest BCUT2D eigenvalue weighted by atomic mass is 35.5. The number of carbonyl (C=O) groups is 1. The number of nitrogens with one attached hydrogen (secondary N) is 1. The van der Waals surface area contributed by atoms with Crippen LogP contribution in [0, 0.1) is 13.8 Å². The number of aryl methyl sites for hydroxylation is 2. The largest absolute Gasteiger partial charge is 0.350 e. The van der Waals surface area contributed by atoms with Crippen molar-refractivity contribution in [1.29, 1.82) is 0 Å². The average molecular weight is 416 g/mol. The fourth-order valence-electron chi connectivity index (χ4n) is 2.68. The van der Waals surface area contributed by atoms with Crippen molar-refractivity contribution in [2.45, 2.75) is 30.4 Å². The van der Waals surface area contributed by atoms with Gasteiger partial charge < -0.3 is 5.32 Å². The summed E-state index contributed by atoms with van der Waals surface area (Å²) < 4.78 is 24.7. The zero-order valence-electron chi connectivity index (χ0n) is 14.2. The molecule has 1 saturated heterocycles. The van der Waals surface area contributed by atoms with Crippen LogP contribution in [0.4, 0.5) is 0 Å². The number of halogens is 1. The molecular formula is C15H18ClN5O3S2. The molecule has 0 bridgehead atoms. The predicted octanol–water partition coefficient (Wildman–Crippen LogP) is 0.892. The number of benzene rings is 1. The van der Waals surface area contributed by atoms with Gasteiger partial charge in [0.2, 0.25) is 11.1 Å². The number of sulfone groups is 1. The van der Waals surface area contributed by atoms with Crippen molar-refractivity contribution in [3.63, 3.8) is 0 Å². The third-order valence-corrected chi connectivity index (χ3v) is 7.29. The van der Waals surface area contributed by atoms with Crippen molar-refractivity contribution >= 4 is 39.1 Å². The van der Waals surface area contributed by atoms with Gasteiger partial charge in [0.05, 0.1) is 34.4 Å². The van der Waals surface area contributed by atoms with Crippen molar-refractivity contribution in [1.82, 2.24) is 25.5 Å². The van der Waals surface area contributed by atoms with E-state index in [1.165, 1.54) is 11.8 Å². The van der Waals surface area contributed by atoms with Gasteiger partial charge in [-0.15, -0.1) is 16.7 Å². The molecule has 2 heterocycles. The van der Waals surface area contributed by atoms with Gasteiger partial charge in [-0.3, -0.25) is 4.79 Å². The molecule has 1 fully saturated rings. The molecule has 140 valence electrons. The maximum Gasteiger partial charge on any atom is 0.230 e. The molecule has 0 radical (unpaired) electrons. The Morgan fingerprint density at radius 2 is 2.15 bits per heavy atom. The van der Waals surface area contributed by atoms with Crippen LogP contribution in [-0.4, -0.2) is 63.2 Å². The Kier molecular flexibility index (Phi) is 5.54. The van der Waals surface area contributed by atoms with Crippen molar-refractivity contribution in [2.75, 3.05) is 17.3 Å². The van der Waals surface area contributed by atoms with E-state index in [4.69, 9.17) is 11.6 Å². The van der Waals surface area contributed by atoms with Gasteiger partial charge in [-0.1, -0.05) is 23.9 Å². The van der Waals surface area contributed by atoms with E-state index < -0.39 is 21.3 Å². The van der Waals surface area contributed by atoms with Gasteiger partial charge >= 0.3 is 0 Å². The standard InChI is InChI=1S/C15H18ClN5O3S2/c1-9-3-4-10(2)13(5-9)21-15(18-19-20-21)25-6-14(22)17-12-8-26(23,24)7-11(12)16/h3-5,11-12H,6-8H2,1-2H3,(H,17,22)/t11-,12-/m0/s1. The maximum atomic E-state index is 12.2. The molecule has 26 heavy (non-hydrogen) atoms. The Hall–Kier alpha value is -1.65. The van der Waals surface area contributed by atoms with E-state index in [0.29, 0.717) is 5.16 Å². The molecule has 0 spiro atoms. The summed E-state index contributed by atoms with van der Waals surface area (Å²) >= 11 is 7.18. The highest BCUT2D eigenvalue weighted by Crippen LogP contribution is 2.22. The van der Waals surface area contributed by atoms with Gasteiger partial charge in [0.1, 0.15) is 0 Å². The summed E-state index contributed by atoms with van der Waals surface area (Å²) in [5.74, 6) is -0.487. The van der Waals surface area contributed by atoms with Crippen molar-refractivity contribution < 1.29 is 13.2 Å². The third kappa shape index (κ3) is 4.36. The number of aromatic nitrogens is 4. The SMILES string of the molecule is Cc1ccc(C)c(-n2nnnc2SCC(=O)N[C@H]2CS(=O)(=O)C[C@@H]2Cl)c1. The van der Waals surface area contributed by atoms with E-state index in [-0.39, 0.29) is 23.2 Å². The molecular weight excluding hydrogens is 398 g/mol. The van der Waals surface area contributed by atoms with Crippen LogP contribution in [0.2, 0.25) is 0 Å². The van der Waals surface area contributed by atoms with Gasteiger partial charge in [-0.05, 0) is 41.5 Å². The summed E-state index contributed by atoms with van der Waals surface area (Å²) in [7, 11) is -3.19. The zero-order valence-corrected chi connectivity index (χ0v) is 16.6. The van der Waals surface area contributed by atoms with Crippen molar-refractivity contribution in [2.24, 2.45) is 0 Å². The molecule has 1 amide bonds. The number of carbonyl (C=O) groups excluding carboxylic acids is 1. The van der Waals surface area contributed by atoms with Crippen LogP contribution in [0.5, 0.6) is 0 Å². The lowest BCUT2D eigenvalue weighted by Gasteiger charge is -2.14. The molecule has 1 aromatic heterocycles. The zero-order chi connectivity index (χ0) is 18.9. The van der Waals surface area contributed by atoms with Crippen molar-refractivity contribution in [3.8, 4) is 5.69 Å². The Balaban J connectivity index is 1.65. The Bertz CT molecular complexity index is 931. The number of tetrazole rings is 1. The summed E-state index contributed by atoms with van der Waals surface area (Å²) in [5, 5.41) is 14.2. The van der Waals surface area contributed by atoms with E-state index in [1.54, 1.807) is 4.68 Å². The fraction of sp³-hybridized carbons (Fsp3) is 0.467. The summed E-state index contributed by atoms with van der Waals surface area (Å²) in [5.41, 5.74) is 2.93. The van der Waals surface area contributed by atoms with Crippen LogP contribution in [0.15, 0.2) is 23.4 Å². The average Bonchev–Trinajstić information content (AvgIpc) is 3.11. The Morgan fingerprint density at radius 1 is 1.38 bits per heavy atom. The molecule has 3 rings (SSSR count). The van der Waals surface area contributed by atoms with E-state index in [2.05, 4.69) is 20.8 Å². The number of hydrogen-bond donors (Lipinski definition) is 1. The topological polar surface area (TPSA) is 107 Å². The van der Waals surface area contributed by atoms with E-state index in [9.17, 15) is 13.2 Å². The second-order valence-electron chi connectivity index (χ2n) is 6.22. The summed E-state index contributed by atoms with van der Waals surface area (Å²) in [6, 6.07) is 5.39. The van der Waals surface area contributed by atoms with E-state index in [1.807, 2.05) is 32.0 Å². The van der Waals surface area contributed by atoms with Crippen LogP contribution < -0.4 is 5.32 Å². The summed E-state index contributed by atoms with van der Waals surface area (Å²) in [6.07, 6.45) is 0. The minimum Gasteiger partial charge on any atom is -0.350 e. The second-order valence-corrected chi connectivity index (χ2v) is 9.88. The molecule has 0 aliphatic carbocycles. The summed E-state index contributed by atoms with van der Waals surface area (Å²) in [6.45, 7) is 3.94. The van der Waals surface area contributed by atoms with Gasteiger partial charge in [-0.25, -0.2) is 8.42 Å². The molecule has 11 heteroatoms. The Labute approximate surface area is 160 Å². The van der Waals surface area contributed by atoms with Crippen LogP contribution in [0.3, 0.4) is 0 Å². The quantitative estimate of drug-likeness (QED) is 0.570. The van der Waals surface area contributed by atoms with Gasteiger partial charge in [0.25, 0.3) is 0 Å². The van der Waals surface area contributed by atoms with Gasteiger partial charge in [-0.2, -0.15) is 4.68 Å². The smallest absolute Gasteiger partial charge is 0.230 e.